The molecule has 1 unspecified atom stereocenters. The van der Waals surface area contributed by atoms with Crippen molar-refractivity contribution < 1.29 is 23.1 Å². The van der Waals surface area contributed by atoms with Crippen LogP contribution in [0.1, 0.15) is 36.8 Å². The first-order valence-electron chi connectivity index (χ1n) is 12.1. The Balaban J connectivity index is 1.45. The monoisotopic (exact) mass is 503 g/mol. The maximum Gasteiger partial charge on any atom is 0.416 e. The van der Waals surface area contributed by atoms with Gasteiger partial charge in [-0.05, 0) is 37.0 Å². The number of alkyl halides is 3. The lowest BCUT2D eigenvalue weighted by atomic mass is 10.1. The molecule has 12 heteroatoms. The van der Waals surface area contributed by atoms with Gasteiger partial charge in [-0.25, -0.2) is 4.98 Å². The number of nitrogens with zero attached hydrogens (tertiary/aromatic N) is 6. The Labute approximate surface area is 206 Å². The molecule has 5 rings (SSSR count). The number of carbonyl (C=O) groups excluding carboxylic acids is 1. The largest absolute Gasteiger partial charge is 0.416 e. The van der Waals surface area contributed by atoms with E-state index < -0.39 is 11.7 Å². The Hall–Kier alpha value is -3.41. The maximum absolute atomic E-state index is 13.1. The van der Waals surface area contributed by atoms with Gasteiger partial charge < -0.3 is 24.8 Å². The molecule has 9 nitrogen and oxygen atoms in total. The second-order valence-corrected chi connectivity index (χ2v) is 9.19. The number of likely N-dealkylation sites (tertiary alicyclic amines) is 1. The number of aliphatic hydroxyl groups is 1. The Kier molecular flexibility index (Phi) is 6.69. The average molecular weight is 504 g/mol. The predicted molar refractivity (Wildman–Crippen MR) is 127 cm³/mol. The van der Waals surface area contributed by atoms with Gasteiger partial charge in [-0.2, -0.15) is 23.1 Å². The van der Waals surface area contributed by atoms with Crippen molar-refractivity contribution >= 4 is 28.8 Å². The third-order valence-corrected chi connectivity index (χ3v) is 6.79. The number of fused-ring (bicyclic) bond motifs is 1. The molecule has 2 aliphatic heterocycles. The normalized spacial score (nSPS) is 18.6. The average Bonchev–Trinajstić information content (AvgIpc) is 3.60. The quantitative estimate of drug-likeness (QED) is 0.488. The Bertz CT molecular complexity index is 1250. The fraction of sp³-hybridized carbons (Fsp3) is 0.500. The summed E-state index contributed by atoms with van der Waals surface area (Å²) < 4.78 is 41.3. The molecule has 2 saturated heterocycles. The summed E-state index contributed by atoms with van der Waals surface area (Å²) in [5.41, 5.74) is 0.818. The van der Waals surface area contributed by atoms with Crippen LogP contribution in [0.5, 0.6) is 0 Å². The van der Waals surface area contributed by atoms with Gasteiger partial charge in [0.25, 0.3) is 0 Å². The van der Waals surface area contributed by atoms with Crippen LogP contribution in [0.25, 0.3) is 11.2 Å². The summed E-state index contributed by atoms with van der Waals surface area (Å²) in [6.07, 6.45) is 0.370. The summed E-state index contributed by atoms with van der Waals surface area (Å²) in [6.45, 7) is 2.58. The molecule has 2 fully saturated rings. The SMILES string of the molecule is O=C1CCCN1CCn1cnc2c(NCc3cccc(C(F)(F)F)c3)nc(N3CCCC3CO)nc21. The molecule has 4 heterocycles. The highest BCUT2D eigenvalue weighted by Crippen LogP contribution is 2.31. The molecule has 1 amide bonds. The van der Waals surface area contributed by atoms with Crippen molar-refractivity contribution in [2.45, 2.75) is 51.0 Å². The van der Waals surface area contributed by atoms with Crippen molar-refractivity contribution in [1.29, 1.82) is 0 Å². The molecule has 0 radical (unpaired) electrons. The zero-order valence-corrected chi connectivity index (χ0v) is 19.7. The summed E-state index contributed by atoms with van der Waals surface area (Å²) in [6, 6.07) is 5.05. The number of aliphatic hydroxyl groups excluding tert-OH is 1. The predicted octanol–water partition coefficient (Wildman–Crippen LogP) is 3.04. The van der Waals surface area contributed by atoms with Crippen molar-refractivity contribution in [3.8, 4) is 0 Å². The van der Waals surface area contributed by atoms with Gasteiger partial charge in [-0.1, -0.05) is 12.1 Å². The lowest BCUT2D eigenvalue weighted by Crippen LogP contribution is -2.33. The van der Waals surface area contributed by atoms with Gasteiger partial charge in [-0.3, -0.25) is 4.79 Å². The van der Waals surface area contributed by atoms with Gasteiger partial charge in [0.15, 0.2) is 17.0 Å². The van der Waals surface area contributed by atoms with Crippen LogP contribution in [0.4, 0.5) is 24.9 Å². The first-order valence-corrected chi connectivity index (χ1v) is 12.1. The number of amides is 1. The number of rotatable bonds is 8. The molecule has 192 valence electrons. The highest BCUT2D eigenvalue weighted by Gasteiger charge is 2.31. The number of halogens is 3. The first-order chi connectivity index (χ1) is 17.3. The smallest absolute Gasteiger partial charge is 0.394 e. The number of carbonyl (C=O) groups is 1. The van der Waals surface area contributed by atoms with Crippen LogP contribution >= 0.6 is 0 Å². The van der Waals surface area contributed by atoms with Gasteiger partial charge in [0.1, 0.15) is 0 Å². The van der Waals surface area contributed by atoms with Crippen molar-refractivity contribution in [2.24, 2.45) is 0 Å². The van der Waals surface area contributed by atoms with Crippen molar-refractivity contribution in [2.75, 3.05) is 36.5 Å². The summed E-state index contributed by atoms with van der Waals surface area (Å²) in [7, 11) is 0. The highest BCUT2D eigenvalue weighted by molar-refractivity contribution is 5.84. The molecule has 1 aromatic carbocycles. The van der Waals surface area contributed by atoms with Crippen LogP contribution in [-0.2, 0) is 24.1 Å². The highest BCUT2D eigenvalue weighted by atomic mass is 19.4. The van der Waals surface area contributed by atoms with E-state index >= 15 is 0 Å². The molecular weight excluding hydrogens is 475 g/mol. The van der Waals surface area contributed by atoms with Crippen LogP contribution in [0.2, 0.25) is 0 Å². The van der Waals surface area contributed by atoms with E-state index in [1.165, 1.54) is 6.07 Å². The van der Waals surface area contributed by atoms with Crippen molar-refractivity contribution in [3.63, 3.8) is 0 Å². The summed E-state index contributed by atoms with van der Waals surface area (Å²) in [5, 5.41) is 13.0. The number of hydrogen-bond donors (Lipinski definition) is 2. The summed E-state index contributed by atoms with van der Waals surface area (Å²) in [4.78, 5) is 29.7. The minimum atomic E-state index is -4.42. The Morgan fingerprint density at radius 1 is 1.14 bits per heavy atom. The van der Waals surface area contributed by atoms with Crippen LogP contribution in [0.15, 0.2) is 30.6 Å². The third kappa shape index (κ3) is 4.95. The van der Waals surface area contributed by atoms with E-state index in [0.29, 0.717) is 54.5 Å². The lowest BCUT2D eigenvalue weighted by Gasteiger charge is -2.23. The van der Waals surface area contributed by atoms with Crippen molar-refractivity contribution in [3.05, 3.63) is 41.7 Å². The Morgan fingerprint density at radius 2 is 2.00 bits per heavy atom. The first kappa shape index (κ1) is 24.3. The molecule has 2 aromatic heterocycles. The van der Waals surface area contributed by atoms with Gasteiger partial charge in [0, 0.05) is 39.1 Å². The molecule has 2 aliphatic rings. The number of nitrogens with one attached hydrogen (secondary N) is 1. The molecule has 3 aromatic rings. The standard InChI is InChI=1S/C24H28F3N7O2/c25-24(26,27)17-5-1-4-16(12-17)13-28-21-20-22(31-23(30-21)34-9-2-6-18(34)14-35)33(15-29-20)11-10-32-8-3-7-19(32)36/h1,4-5,12,15,18,35H,2-3,6-11,13-14H2,(H,28,30,31). The summed E-state index contributed by atoms with van der Waals surface area (Å²) >= 11 is 0. The number of benzene rings is 1. The van der Waals surface area contributed by atoms with Crippen LogP contribution in [0.3, 0.4) is 0 Å². The maximum atomic E-state index is 13.1. The van der Waals surface area contributed by atoms with E-state index in [2.05, 4.69) is 15.3 Å². The van der Waals surface area contributed by atoms with Gasteiger partial charge in [-0.15, -0.1) is 0 Å². The van der Waals surface area contributed by atoms with Gasteiger partial charge in [0.2, 0.25) is 11.9 Å². The molecular formula is C24H28F3N7O2. The topological polar surface area (TPSA) is 99.4 Å². The van der Waals surface area contributed by atoms with E-state index in [1.807, 2.05) is 14.4 Å². The van der Waals surface area contributed by atoms with Crippen LogP contribution < -0.4 is 10.2 Å². The van der Waals surface area contributed by atoms with E-state index in [1.54, 1.807) is 12.4 Å². The van der Waals surface area contributed by atoms with E-state index in [-0.39, 0.29) is 25.1 Å². The number of imidazole rings is 1. The molecule has 36 heavy (non-hydrogen) atoms. The zero-order valence-electron chi connectivity index (χ0n) is 19.7. The molecule has 0 saturated carbocycles. The second-order valence-electron chi connectivity index (χ2n) is 9.19. The summed E-state index contributed by atoms with van der Waals surface area (Å²) in [5.74, 6) is 0.984. The van der Waals surface area contributed by atoms with Crippen molar-refractivity contribution in [1.82, 2.24) is 24.4 Å². The third-order valence-electron chi connectivity index (χ3n) is 6.79. The minimum Gasteiger partial charge on any atom is -0.394 e. The fourth-order valence-corrected chi connectivity index (χ4v) is 4.85. The fourth-order valence-electron chi connectivity index (χ4n) is 4.85. The number of hydrogen-bond acceptors (Lipinski definition) is 7. The van der Waals surface area contributed by atoms with E-state index in [4.69, 9.17) is 4.98 Å². The molecule has 0 bridgehead atoms. The molecule has 0 spiro atoms. The van der Waals surface area contributed by atoms with Crippen LogP contribution in [0, 0.1) is 0 Å². The Morgan fingerprint density at radius 3 is 2.75 bits per heavy atom. The molecule has 2 N–H and O–H groups in total. The number of anilines is 2. The van der Waals surface area contributed by atoms with Crippen LogP contribution in [-0.4, -0.2) is 67.7 Å². The molecule has 1 atom stereocenters. The van der Waals surface area contributed by atoms with E-state index in [0.717, 1.165) is 37.9 Å². The van der Waals surface area contributed by atoms with Gasteiger partial charge >= 0.3 is 6.18 Å². The van der Waals surface area contributed by atoms with E-state index in [9.17, 15) is 23.1 Å². The second kappa shape index (κ2) is 9.92. The lowest BCUT2D eigenvalue weighted by molar-refractivity contribution is -0.137. The molecule has 0 aliphatic carbocycles. The minimum absolute atomic E-state index is 0.0231. The zero-order chi connectivity index (χ0) is 25.3. The number of aromatic nitrogens is 4. The van der Waals surface area contributed by atoms with Gasteiger partial charge in [0.05, 0.1) is 24.5 Å².